The maximum Gasteiger partial charge on any atom is 0.150 e. The van der Waals surface area contributed by atoms with Crippen molar-refractivity contribution in [2.75, 3.05) is 19.6 Å². The number of hydrogen-bond donors (Lipinski definition) is 0. The normalized spacial score (nSPS) is 11.4. The highest BCUT2D eigenvalue weighted by Crippen LogP contribution is 2.54. The fourth-order valence-corrected chi connectivity index (χ4v) is 19.9. The molecule has 0 spiro atoms. The van der Waals surface area contributed by atoms with Gasteiger partial charge in [-0.1, -0.05) is 340 Å². The molecule has 0 aliphatic rings. The van der Waals surface area contributed by atoms with E-state index in [9.17, 15) is 8.78 Å². The Hall–Kier alpha value is -17.9. The highest BCUT2D eigenvalue weighted by atomic mass is 19.2. The van der Waals surface area contributed by atoms with Gasteiger partial charge in [-0.2, -0.15) is 0 Å². The molecule has 24 rings (SSSR count). The largest absolute Gasteiger partial charge is 0.307 e. The molecular weight excluding hydrogens is 1710 g/mol. The van der Waals surface area contributed by atoms with Crippen LogP contribution in [0.25, 0.3) is 154 Å². The van der Waals surface area contributed by atoms with E-state index in [4.69, 9.17) is 0 Å². The second-order valence-electron chi connectivity index (χ2n) is 34.6. The second kappa shape index (κ2) is 36.3. The lowest BCUT2D eigenvalue weighted by Gasteiger charge is -2.30. The van der Waals surface area contributed by atoms with Gasteiger partial charge >= 0.3 is 0 Å². The SMILES string of the molecule is Fc1ccc(N(c2cc(-c3ccccc3)cc(-c3ccccc3)c2)c2ccc3ccc4c(N(c5cc(-c6ccccc6)cc(-c6ccccc6)c5)c5ccc(F)cc5F)ccc5ccc2c3c54)c(F)c1.Fc1ccccc1N(c1cc(-c2ccccc2)cc(-c2ccccc2)c1)c1ccc2ccc3c(N(c4cc(-c5ccccc5)cc(-c5ccccc5)c4)c4ccccc4F)ccc4ccc1c2c43. The molecule has 0 saturated carbocycles. The summed E-state index contributed by atoms with van der Waals surface area (Å²) in [6.45, 7) is 0. The van der Waals surface area contributed by atoms with E-state index in [0.29, 0.717) is 34.1 Å². The topological polar surface area (TPSA) is 13.0 Å². The van der Waals surface area contributed by atoms with E-state index < -0.39 is 23.3 Å². The smallest absolute Gasteiger partial charge is 0.150 e. The summed E-state index contributed by atoms with van der Waals surface area (Å²) in [5.74, 6) is -3.47. The minimum atomic E-state index is -0.719. The fourth-order valence-electron chi connectivity index (χ4n) is 19.9. The van der Waals surface area contributed by atoms with Crippen LogP contribution < -0.4 is 19.6 Å². The van der Waals surface area contributed by atoms with Crippen LogP contribution in [0, 0.1) is 34.9 Å². The van der Waals surface area contributed by atoms with Crippen molar-refractivity contribution in [3.8, 4) is 89.0 Å². The Morgan fingerprint density at radius 2 is 0.297 bits per heavy atom. The quantitative estimate of drug-likeness (QED) is 0.0557. The van der Waals surface area contributed by atoms with Crippen LogP contribution in [-0.2, 0) is 0 Å². The maximum absolute atomic E-state index is 16.6. The lowest BCUT2D eigenvalue weighted by atomic mass is 9.91. The molecule has 0 aliphatic carbocycles. The van der Waals surface area contributed by atoms with E-state index >= 15 is 17.6 Å². The van der Waals surface area contributed by atoms with Crippen molar-refractivity contribution in [2.24, 2.45) is 0 Å². The average Bonchev–Trinajstić information content (AvgIpc) is 0.719. The van der Waals surface area contributed by atoms with Crippen LogP contribution in [0.2, 0.25) is 0 Å². The number of nitrogens with zero attached hydrogens (tertiary/aromatic N) is 4. The van der Waals surface area contributed by atoms with Crippen LogP contribution >= 0.6 is 0 Å². The Balaban J connectivity index is 0.000000155. The van der Waals surface area contributed by atoms with Crippen LogP contribution in [0.3, 0.4) is 0 Å². The van der Waals surface area contributed by atoms with Gasteiger partial charge in [0.2, 0.25) is 0 Å². The Morgan fingerprint density at radius 1 is 0.123 bits per heavy atom. The minimum Gasteiger partial charge on any atom is -0.307 e. The van der Waals surface area contributed by atoms with Gasteiger partial charge < -0.3 is 19.6 Å². The summed E-state index contributed by atoms with van der Waals surface area (Å²) < 4.78 is 95.9. The summed E-state index contributed by atoms with van der Waals surface area (Å²) >= 11 is 0. The molecule has 656 valence electrons. The highest BCUT2D eigenvalue weighted by molar-refractivity contribution is 6.30. The summed E-state index contributed by atoms with van der Waals surface area (Å²) in [7, 11) is 0. The van der Waals surface area contributed by atoms with Gasteiger partial charge in [0.25, 0.3) is 0 Å². The van der Waals surface area contributed by atoms with E-state index in [1.54, 1.807) is 12.1 Å². The zero-order valence-electron chi connectivity index (χ0n) is 74.4. The van der Waals surface area contributed by atoms with Crippen molar-refractivity contribution in [3.63, 3.8) is 0 Å². The first-order valence-corrected chi connectivity index (χ1v) is 45.9. The van der Waals surface area contributed by atoms with Crippen molar-refractivity contribution in [1.82, 2.24) is 0 Å². The average molecular weight is 1790 g/mol. The number of anilines is 12. The van der Waals surface area contributed by atoms with Gasteiger partial charge in [-0.05, 0) is 278 Å². The Kier molecular flexibility index (Phi) is 22.2. The molecule has 0 N–H and O–H groups in total. The van der Waals surface area contributed by atoms with Gasteiger partial charge in [-0.15, -0.1) is 0 Å². The summed E-state index contributed by atoms with van der Waals surface area (Å²) in [4.78, 5) is 7.88. The lowest BCUT2D eigenvalue weighted by molar-refractivity contribution is 0.583. The second-order valence-corrected chi connectivity index (χ2v) is 34.6. The summed E-state index contributed by atoms with van der Waals surface area (Å²) in [5.41, 5.74) is 23.2. The standard InChI is InChI=1S/C64H40F4N2.C64H42F2N2/c65-51-25-31-61(57(67)39-51)69(53-35-47(41-13-5-1-6-14-41)33-48(36-53)42-15-7-2-8-16-42)59-29-23-45-22-28-56-60(30-24-46-21-27-55(59)63(45)64(46)56)70(62-32-26-52(66)40-58(62)68)54-37-49(43-17-9-3-10-18-43)34-50(38-54)44-19-11-4-12-20-44;65-57-25-13-15-27-61(57)67(53-39-49(43-17-5-1-6-18-43)37-50(40-53)44-19-7-2-8-20-44)59-35-31-47-30-34-56-60(36-32-48-29-33-55(59)63(47)64(48)56)68(62-28-16-14-26-58(62)66)54-41-51(45-21-9-3-10-22-45)38-52(42-54)46-23-11-4-12-24-46/h1-40H;1-42H. The molecule has 0 saturated heterocycles. The molecule has 24 aromatic carbocycles. The van der Waals surface area contributed by atoms with Crippen molar-refractivity contribution in [2.45, 2.75) is 0 Å². The highest BCUT2D eigenvalue weighted by Gasteiger charge is 2.30. The molecule has 0 fully saturated rings. The first kappa shape index (κ1) is 84.4. The van der Waals surface area contributed by atoms with E-state index in [0.717, 1.165) is 189 Å². The Bertz CT molecular complexity index is 7920. The first-order chi connectivity index (χ1) is 67.9. The maximum atomic E-state index is 16.6. The van der Waals surface area contributed by atoms with Crippen molar-refractivity contribution < 1.29 is 26.3 Å². The van der Waals surface area contributed by atoms with Gasteiger partial charge in [0.15, 0.2) is 0 Å². The van der Waals surface area contributed by atoms with Gasteiger partial charge in [0.1, 0.15) is 34.9 Å². The molecule has 0 bridgehead atoms. The molecule has 0 aliphatic heterocycles. The monoisotopic (exact) mass is 1790 g/mol. The number of benzene rings is 24. The summed E-state index contributed by atoms with van der Waals surface area (Å²) in [6.07, 6.45) is 0. The van der Waals surface area contributed by atoms with E-state index in [1.807, 2.05) is 277 Å². The predicted molar refractivity (Wildman–Crippen MR) is 562 cm³/mol. The summed E-state index contributed by atoms with van der Waals surface area (Å²) in [6, 6.07) is 162. The molecule has 0 amide bonds. The Labute approximate surface area is 794 Å². The van der Waals surface area contributed by atoms with Crippen molar-refractivity contribution in [3.05, 3.63) is 532 Å². The van der Waals surface area contributed by atoms with E-state index in [2.05, 4.69) is 180 Å². The number of rotatable bonds is 20. The van der Waals surface area contributed by atoms with Crippen LogP contribution in [-0.4, -0.2) is 0 Å². The molecule has 10 heteroatoms. The van der Waals surface area contributed by atoms with Gasteiger partial charge in [-0.3, -0.25) is 0 Å². The fraction of sp³-hybridized carbons (Fsp3) is 0. The molecule has 0 heterocycles. The third kappa shape index (κ3) is 16.0. The van der Waals surface area contributed by atoms with Crippen molar-refractivity contribution in [1.29, 1.82) is 0 Å². The third-order valence-electron chi connectivity index (χ3n) is 26.2. The number of hydrogen-bond acceptors (Lipinski definition) is 4. The van der Waals surface area contributed by atoms with Gasteiger partial charge in [0.05, 0.1) is 45.5 Å². The molecule has 0 aromatic heterocycles. The van der Waals surface area contributed by atoms with Crippen LogP contribution in [0.1, 0.15) is 0 Å². The van der Waals surface area contributed by atoms with E-state index in [1.165, 1.54) is 36.4 Å². The van der Waals surface area contributed by atoms with Crippen LogP contribution in [0.15, 0.2) is 497 Å². The molecular formula is C128H82F6N4. The van der Waals surface area contributed by atoms with Gasteiger partial charge in [0, 0.05) is 56.4 Å². The number of halogens is 6. The molecule has 138 heavy (non-hydrogen) atoms. The number of para-hydroxylation sites is 2. The Morgan fingerprint density at radius 3 is 0.493 bits per heavy atom. The summed E-state index contributed by atoms with van der Waals surface area (Å²) in [5, 5.41) is 11.4. The molecule has 0 atom stereocenters. The zero-order chi connectivity index (χ0) is 92.9. The van der Waals surface area contributed by atoms with Crippen LogP contribution in [0.4, 0.5) is 94.6 Å². The molecule has 0 unspecified atom stereocenters. The zero-order valence-corrected chi connectivity index (χ0v) is 74.4. The first-order valence-electron chi connectivity index (χ1n) is 45.9. The van der Waals surface area contributed by atoms with Crippen LogP contribution in [0.5, 0.6) is 0 Å². The van der Waals surface area contributed by atoms with Crippen molar-refractivity contribution >= 4 is 133 Å². The lowest BCUT2D eigenvalue weighted by Crippen LogP contribution is -2.14. The molecule has 4 nitrogen and oxygen atoms in total. The van der Waals surface area contributed by atoms with E-state index in [-0.39, 0.29) is 23.0 Å². The molecule has 24 aromatic rings. The third-order valence-corrected chi connectivity index (χ3v) is 26.2. The predicted octanol–water partition coefficient (Wildman–Crippen LogP) is 37.2. The van der Waals surface area contributed by atoms with Gasteiger partial charge in [-0.25, -0.2) is 26.3 Å². The molecule has 0 radical (unpaired) electrons. The minimum absolute atomic E-state index is 0.173.